The zero-order valence-corrected chi connectivity index (χ0v) is 27.0. The molecule has 0 spiro atoms. The van der Waals surface area contributed by atoms with Crippen LogP contribution in [-0.4, -0.2) is 52.0 Å². The Balaban J connectivity index is 2.21. The lowest BCUT2D eigenvalue weighted by Gasteiger charge is -2.32. The highest BCUT2D eigenvalue weighted by molar-refractivity contribution is 7.99. The van der Waals surface area contributed by atoms with Gasteiger partial charge in [-0.25, -0.2) is 9.36 Å². The second-order valence-electron chi connectivity index (χ2n) is 10.3. The molecule has 0 bridgehead atoms. The molecule has 0 fully saturated rings. The third-order valence-corrected chi connectivity index (χ3v) is 8.46. The van der Waals surface area contributed by atoms with E-state index >= 15 is 0 Å². The summed E-state index contributed by atoms with van der Waals surface area (Å²) in [7, 11) is 0.278. The molecule has 1 amide bonds. The summed E-state index contributed by atoms with van der Waals surface area (Å²) in [5.41, 5.74) is 0.408. The molecule has 1 atom stereocenters. The van der Waals surface area contributed by atoms with Crippen molar-refractivity contribution in [3.8, 4) is 5.75 Å². The van der Waals surface area contributed by atoms with E-state index in [2.05, 4.69) is 18.3 Å². The molecule has 2 rings (SSSR count). The van der Waals surface area contributed by atoms with Crippen molar-refractivity contribution in [2.75, 3.05) is 34.7 Å². The van der Waals surface area contributed by atoms with Gasteiger partial charge in [0, 0.05) is 31.2 Å². The van der Waals surface area contributed by atoms with Gasteiger partial charge in [0.1, 0.15) is 11.4 Å². The van der Waals surface area contributed by atoms with Gasteiger partial charge in [-0.15, -0.1) is 0 Å². The van der Waals surface area contributed by atoms with E-state index in [4.69, 9.17) is 39.4 Å². The minimum absolute atomic E-state index is 0.144. The highest BCUT2D eigenvalue weighted by atomic mass is 35.5. The van der Waals surface area contributed by atoms with E-state index < -0.39 is 25.1 Å². The Morgan fingerprint density at radius 1 is 1.05 bits per heavy atom. The van der Waals surface area contributed by atoms with Crippen molar-refractivity contribution in [3.05, 3.63) is 52.5 Å². The third kappa shape index (κ3) is 11.2. The Bertz CT molecular complexity index is 1170. The summed E-state index contributed by atoms with van der Waals surface area (Å²) in [4.78, 5) is 14.5. The van der Waals surface area contributed by atoms with Gasteiger partial charge in [-0.2, -0.15) is 0 Å². The lowest BCUT2D eigenvalue weighted by Crippen LogP contribution is -2.51. The normalized spacial score (nSPS) is 13.5. The highest BCUT2D eigenvalue weighted by Crippen LogP contribution is 2.48. The Kier molecular flexibility index (Phi) is 13.3. The predicted molar refractivity (Wildman–Crippen MR) is 158 cm³/mol. The number of alkyl carbamates (subject to hydrolysis) is 1. The zero-order chi connectivity index (χ0) is 30.0. The minimum atomic E-state index is -3.76. The van der Waals surface area contributed by atoms with E-state index in [0.29, 0.717) is 17.9 Å². The van der Waals surface area contributed by atoms with Gasteiger partial charge in [0.15, 0.2) is 6.79 Å². The fourth-order valence-corrected chi connectivity index (χ4v) is 5.70. The molecule has 40 heavy (non-hydrogen) atoms. The number of benzene rings is 2. The molecule has 0 heterocycles. The number of phosphoric ester groups is 1. The summed E-state index contributed by atoms with van der Waals surface area (Å²) in [6, 6.07) is 11.9. The number of carbonyl (C=O) groups is 1. The van der Waals surface area contributed by atoms with Gasteiger partial charge in [-0.1, -0.05) is 42.4 Å². The molecule has 0 unspecified atom stereocenters. The van der Waals surface area contributed by atoms with Gasteiger partial charge in [0.25, 0.3) is 0 Å². The monoisotopic (exact) mass is 617 g/mol. The molecule has 224 valence electrons. The molecule has 0 radical (unpaired) electrons. The number of phosphoric acid groups is 1. The van der Waals surface area contributed by atoms with Crippen LogP contribution in [0.1, 0.15) is 52.2 Å². The van der Waals surface area contributed by atoms with Gasteiger partial charge < -0.3 is 19.5 Å². The van der Waals surface area contributed by atoms with E-state index in [1.54, 1.807) is 46.6 Å². The molecule has 0 aliphatic carbocycles. The van der Waals surface area contributed by atoms with Crippen LogP contribution in [0, 0.1) is 0 Å². The number of rotatable bonds is 15. The van der Waals surface area contributed by atoms with Crippen LogP contribution in [0.15, 0.2) is 46.2 Å². The maximum Gasteiger partial charge on any atom is 0.474 e. The highest BCUT2D eigenvalue weighted by Gasteiger charge is 2.34. The standard InChI is InChI=1S/C28H41ClNO8PS/c1-9-20-10-13-24(36-19-33-6)25(16-20)40-22-12-11-21(23(29)17-22)14-15-28(5,18-37-39(32,34-7)35-8)30-26(31)38-27(2,3)4/h10-13,16-17H,9,14-15,18-19H2,1-8H3,(H,30,31)/t28-/m0/s1. The number of amides is 1. The first-order chi connectivity index (χ1) is 18.7. The number of hydrogen-bond donors (Lipinski definition) is 1. The van der Waals surface area contributed by atoms with Crippen molar-refractivity contribution in [2.24, 2.45) is 0 Å². The maximum atomic E-state index is 12.6. The van der Waals surface area contributed by atoms with Gasteiger partial charge in [0.2, 0.25) is 0 Å². The second-order valence-corrected chi connectivity index (χ2v) is 13.7. The molecule has 2 aromatic carbocycles. The van der Waals surface area contributed by atoms with E-state index in [0.717, 1.165) is 27.5 Å². The van der Waals surface area contributed by atoms with Crippen molar-refractivity contribution in [2.45, 2.75) is 74.8 Å². The van der Waals surface area contributed by atoms with Gasteiger partial charge >= 0.3 is 13.9 Å². The topological polar surface area (TPSA) is 102 Å². The van der Waals surface area contributed by atoms with E-state index in [1.807, 2.05) is 30.3 Å². The molecular weight excluding hydrogens is 577 g/mol. The summed E-state index contributed by atoms with van der Waals surface area (Å²) in [5.74, 6) is 0.734. The second kappa shape index (κ2) is 15.4. The van der Waals surface area contributed by atoms with Gasteiger partial charge in [-0.05, 0) is 82.3 Å². The van der Waals surface area contributed by atoms with Crippen LogP contribution in [0.25, 0.3) is 0 Å². The number of methoxy groups -OCH3 is 1. The maximum absolute atomic E-state index is 12.6. The SMILES string of the molecule is CCc1ccc(OCOC)c(Sc2ccc(CC[C@@](C)(COP(=O)(OC)OC)NC(=O)OC(C)(C)C)c(Cl)c2)c1. The van der Waals surface area contributed by atoms with Crippen LogP contribution in [-0.2, 0) is 40.5 Å². The number of ether oxygens (including phenoxy) is 3. The Labute approximate surface area is 247 Å². The Morgan fingerprint density at radius 2 is 1.75 bits per heavy atom. The number of hydrogen-bond acceptors (Lipinski definition) is 9. The molecule has 12 heteroatoms. The summed E-state index contributed by atoms with van der Waals surface area (Å²) >= 11 is 8.25. The minimum Gasteiger partial charge on any atom is -0.466 e. The fraction of sp³-hybridized carbons (Fsp3) is 0.536. The lowest BCUT2D eigenvalue weighted by molar-refractivity contribution is 0.0389. The molecule has 0 saturated heterocycles. The van der Waals surface area contributed by atoms with E-state index in [-0.39, 0.29) is 13.4 Å². The molecule has 9 nitrogen and oxygen atoms in total. The average molecular weight is 618 g/mol. The van der Waals surface area contributed by atoms with Crippen LogP contribution in [0.5, 0.6) is 5.75 Å². The molecule has 0 aromatic heterocycles. The van der Waals surface area contributed by atoms with Crippen molar-refractivity contribution >= 4 is 37.3 Å². The van der Waals surface area contributed by atoms with Crippen LogP contribution in [0.4, 0.5) is 4.79 Å². The first-order valence-electron chi connectivity index (χ1n) is 12.8. The largest absolute Gasteiger partial charge is 0.474 e. The van der Waals surface area contributed by atoms with Crippen molar-refractivity contribution in [1.82, 2.24) is 5.32 Å². The summed E-state index contributed by atoms with van der Waals surface area (Å²) < 4.78 is 44.0. The first kappa shape index (κ1) is 34.4. The fourth-order valence-electron chi connectivity index (χ4n) is 3.55. The van der Waals surface area contributed by atoms with E-state index in [1.165, 1.54) is 19.8 Å². The first-order valence-corrected chi connectivity index (χ1v) is 15.5. The van der Waals surface area contributed by atoms with Crippen molar-refractivity contribution in [3.63, 3.8) is 0 Å². The summed E-state index contributed by atoms with van der Waals surface area (Å²) in [6.45, 7) is 9.20. The summed E-state index contributed by atoms with van der Waals surface area (Å²) in [5, 5.41) is 3.43. The average Bonchev–Trinajstić information content (AvgIpc) is 2.89. The molecule has 0 saturated carbocycles. The third-order valence-electron chi connectivity index (χ3n) is 5.74. The molecule has 0 aliphatic heterocycles. The number of halogens is 1. The lowest BCUT2D eigenvalue weighted by atomic mass is 9.94. The summed E-state index contributed by atoms with van der Waals surface area (Å²) in [6.07, 6.45) is 1.18. The molecular formula is C28H41ClNO8PS. The Hall–Kier alpha value is -1.78. The zero-order valence-electron chi connectivity index (χ0n) is 24.5. The molecule has 2 aromatic rings. The quantitative estimate of drug-likeness (QED) is 0.159. The van der Waals surface area contributed by atoms with Crippen LogP contribution in [0.2, 0.25) is 5.02 Å². The number of aryl methyl sites for hydroxylation is 2. The molecule has 0 aliphatic rings. The van der Waals surface area contributed by atoms with Crippen molar-refractivity contribution in [1.29, 1.82) is 0 Å². The number of nitrogens with one attached hydrogen (secondary N) is 1. The van der Waals surface area contributed by atoms with Crippen LogP contribution < -0.4 is 10.1 Å². The molecule has 1 N–H and O–H groups in total. The van der Waals surface area contributed by atoms with Gasteiger partial charge in [-0.3, -0.25) is 13.6 Å². The smallest absolute Gasteiger partial charge is 0.466 e. The Morgan fingerprint density at radius 3 is 2.33 bits per heavy atom. The van der Waals surface area contributed by atoms with Crippen LogP contribution >= 0.6 is 31.2 Å². The van der Waals surface area contributed by atoms with E-state index in [9.17, 15) is 9.36 Å². The van der Waals surface area contributed by atoms with Crippen LogP contribution in [0.3, 0.4) is 0 Å². The van der Waals surface area contributed by atoms with Gasteiger partial charge in [0.05, 0.1) is 17.0 Å². The number of carbonyl (C=O) groups excluding carboxylic acids is 1. The van der Waals surface area contributed by atoms with Crippen molar-refractivity contribution < 1.29 is 37.1 Å². The predicted octanol–water partition coefficient (Wildman–Crippen LogP) is 7.67.